The molecule has 2 atom stereocenters. The van der Waals surface area contributed by atoms with Crippen molar-refractivity contribution in [2.45, 2.75) is 38.7 Å². The first-order valence-corrected chi connectivity index (χ1v) is 6.78. The summed E-state index contributed by atoms with van der Waals surface area (Å²) in [7, 11) is 0. The molecule has 0 bridgehead atoms. The monoisotopic (exact) mass is 227 g/mol. The summed E-state index contributed by atoms with van der Waals surface area (Å²) >= 11 is 0. The Morgan fingerprint density at radius 3 is 2.69 bits per heavy atom. The molecule has 1 aliphatic heterocycles. The summed E-state index contributed by atoms with van der Waals surface area (Å²) in [6.45, 7) is 8.23. The lowest BCUT2D eigenvalue weighted by Crippen LogP contribution is -2.39. The highest BCUT2D eigenvalue weighted by atomic mass is 16.5. The Balaban J connectivity index is 1.59. The van der Waals surface area contributed by atoms with Crippen LogP contribution in [-0.2, 0) is 9.47 Å². The lowest BCUT2D eigenvalue weighted by atomic mass is 9.88. The molecule has 1 aliphatic carbocycles. The molecule has 0 aromatic heterocycles. The summed E-state index contributed by atoms with van der Waals surface area (Å²) in [5.41, 5.74) is 0. The molecule has 1 heterocycles. The van der Waals surface area contributed by atoms with Crippen LogP contribution in [0.5, 0.6) is 0 Å². The molecule has 0 spiro atoms. The Morgan fingerprint density at radius 1 is 1.19 bits per heavy atom. The van der Waals surface area contributed by atoms with E-state index in [1.807, 2.05) is 0 Å². The summed E-state index contributed by atoms with van der Waals surface area (Å²) in [6, 6.07) is 0. The fourth-order valence-corrected chi connectivity index (χ4v) is 2.69. The van der Waals surface area contributed by atoms with Gasteiger partial charge in [0, 0.05) is 19.6 Å². The minimum Gasteiger partial charge on any atom is -0.379 e. The Morgan fingerprint density at radius 2 is 1.94 bits per heavy atom. The molecule has 0 aromatic carbocycles. The first-order chi connectivity index (χ1) is 7.86. The first-order valence-electron chi connectivity index (χ1n) is 6.78. The molecule has 2 rings (SSSR count). The molecule has 16 heavy (non-hydrogen) atoms. The van der Waals surface area contributed by atoms with Gasteiger partial charge in [-0.2, -0.15) is 0 Å². The van der Waals surface area contributed by atoms with Crippen LogP contribution in [0.3, 0.4) is 0 Å². The van der Waals surface area contributed by atoms with Crippen LogP contribution < -0.4 is 0 Å². The van der Waals surface area contributed by atoms with Crippen molar-refractivity contribution in [3.05, 3.63) is 0 Å². The lowest BCUT2D eigenvalue weighted by molar-refractivity contribution is -0.0276. The van der Waals surface area contributed by atoms with Gasteiger partial charge in [-0.3, -0.25) is 4.90 Å². The number of ether oxygens (including phenoxy) is 2. The standard InChI is InChI=1S/C13H25NO2/c1-12-4-2-3-5-13(12)16-11-8-14-6-9-15-10-7-14/h12-13H,2-11H2,1H3/t12-,13+/m1/s1. The van der Waals surface area contributed by atoms with Crippen LogP contribution in [-0.4, -0.2) is 50.5 Å². The van der Waals surface area contributed by atoms with Gasteiger partial charge in [-0.1, -0.05) is 19.8 Å². The Labute approximate surface area is 99.1 Å². The van der Waals surface area contributed by atoms with Gasteiger partial charge in [-0.25, -0.2) is 0 Å². The van der Waals surface area contributed by atoms with Crippen molar-refractivity contribution in [2.75, 3.05) is 39.5 Å². The van der Waals surface area contributed by atoms with Crippen LogP contribution in [0.25, 0.3) is 0 Å². The third-order valence-corrected chi connectivity index (χ3v) is 3.88. The molecule has 0 amide bonds. The van der Waals surface area contributed by atoms with Crippen LogP contribution in [0.1, 0.15) is 32.6 Å². The number of rotatable bonds is 4. The molecule has 0 unspecified atom stereocenters. The van der Waals surface area contributed by atoms with Crippen molar-refractivity contribution >= 4 is 0 Å². The van der Waals surface area contributed by atoms with Crippen LogP contribution in [0.15, 0.2) is 0 Å². The van der Waals surface area contributed by atoms with E-state index in [1.165, 1.54) is 25.7 Å². The number of morpholine rings is 1. The molecular formula is C13H25NO2. The van der Waals surface area contributed by atoms with E-state index in [-0.39, 0.29) is 0 Å². The van der Waals surface area contributed by atoms with Crippen molar-refractivity contribution in [2.24, 2.45) is 5.92 Å². The third-order valence-electron chi connectivity index (χ3n) is 3.88. The molecule has 94 valence electrons. The van der Waals surface area contributed by atoms with E-state index in [4.69, 9.17) is 9.47 Å². The second-order valence-corrected chi connectivity index (χ2v) is 5.12. The first kappa shape index (κ1) is 12.3. The molecule has 3 heteroatoms. The maximum atomic E-state index is 6.02. The molecule has 0 N–H and O–H groups in total. The summed E-state index contributed by atoms with van der Waals surface area (Å²) < 4.78 is 11.3. The zero-order valence-corrected chi connectivity index (χ0v) is 10.5. The van der Waals surface area contributed by atoms with E-state index >= 15 is 0 Å². The predicted molar refractivity (Wildman–Crippen MR) is 64.6 cm³/mol. The van der Waals surface area contributed by atoms with Gasteiger partial charge >= 0.3 is 0 Å². The van der Waals surface area contributed by atoms with Gasteiger partial charge in [0.15, 0.2) is 0 Å². The quantitative estimate of drug-likeness (QED) is 0.732. The van der Waals surface area contributed by atoms with E-state index in [2.05, 4.69) is 11.8 Å². The van der Waals surface area contributed by atoms with Gasteiger partial charge in [0.25, 0.3) is 0 Å². The highest BCUT2D eigenvalue weighted by Crippen LogP contribution is 2.26. The van der Waals surface area contributed by atoms with Crippen LogP contribution >= 0.6 is 0 Å². The minimum absolute atomic E-state index is 0.523. The smallest absolute Gasteiger partial charge is 0.0601 e. The molecule has 0 radical (unpaired) electrons. The summed E-state index contributed by atoms with van der Waals surface area (Å²) in [5, 5.41) is 0. The highest BCUT2D eigenvalue weighted by Gasteiger charge is 2.21. The summed E-state index contributed by atoms with van der Waals surface area (Å²) in [5.74, 6) is 0.762. The van der Waals surface area contributed by atoms with Gasteiger partial charge in [0.05, 0.1) is 25.9 Å². The molecular weight excluding hydrogens is 202 g/mol. The van der Waals surface area contributed by atoms with E-state index in [0.29, 0.717) is 6.10 Å². The lowest BCUT2D eigenvalue weighted by Gasteiger charge is -2.31. The molecule has 1 saturated carbocycles. The SMILES string of the molecule is C[C@@H]1CCCC[C@@H]1OCCN1CCOCC1. The van der Waals surface area contributed by atoms with Gasteiger partial charge in [-0.15, -0.1) is 0 Å². The van der Waals surface area contributed by atoms with Crippen molar-refractivity contribution in [3.63, 3.8) is 0 Å². The minimum atomic E-state index is 0.523. The maximum absolute atomic E-state index is 6.02. The molecule has 2 fully saturated rings. The number of hydrogen-bond donors (Lipinski definition) is 0. The summed E-state index contributed by atoms with van der Waals surface area (Å²) in [6.07, 6.45) is 5.89. The second-order valence-electron chi connectivity index (χ2n) is 5.12. The molecule has 2 aliphatic rings. The average Bonchev–Trinajstić information content (AvgIpc) is 2.33. The molecule has 0 aromatic rings. The van der Waals surface area contributed by atoms with Crippen molar-refractivity contribution in [1.29, 1.82) is 0 Å². The van der Waals surface area contributed by atoms with Crippen LogP contribution in [0.4, 0.5) is 0 Å². The van der Waals surface area contributed by atoms with Gasteiger partial charge in [0.1, 0.15) is 0 Å². The van der Waals surface area contributed by atoms with E-state index in [1.54, 1.807) is 0 Å². The maximum Gasteiger partial charge on any atom is 0.0601 e. The van der Waals surface area contributed by atoms with Crippen molar-refractivity contribution in [1.82, 2.24) is 4.90 Å². The Bertz CT molecular complexity index is 192. The van der Waals surface area contributed by atoms with Crippen molar-refractivity contribution in [3.8, 4) is 0 Å². The second kappa shape index (κ2) is 6.58. The molecule has 1 saturated heterocycles. The highest BCUT2D eigenvalue weighted by molar-refractivity contribution is 4.72. The average molecular weight is 227 g/mol. The number of hydrogen-bond acceptors (Lipinski definition) is 3. The normalized spacial score (nSPS) is 32.8. The van der Waals surface area contributed by atoms with Gasteiger partial charge in [-0.05, 0) is 18.8 Å². The topological polar surface area (TPSA) is 21.7 Å². The zero-order valence-electron chi connectivity index (χ0n) is 10.5. The third kappa shape index (κ3) is 3.72. The van der Waals surface area contributed by atoms with Crippen LogP contribution in [0, 0.1) is 5.92 Å². The Hall–Kier alpha value is -0.120. The van der Waals surface area contributed by atoms with E-state index in [9.17, 15) is 0 Å². The fourth-order valence-electron chi connectivity index (χ4n) is 2.69. The zero-order chi connectivity index (χ0) is 11.2. The van der Waals surface area contributed by atoms with Crippen molar-refractivity contribution < 1.29 is 9.47 Å². The van der Waals surface area contributed by atoms with Gasteiger partial charge in [0.2, 0.25) is 0 Å². The molecule has 3 nitrogen and oxygen atoms in total. The number of nitrogens with zero attached hydrogens (tertiary/aromatic N) is 1. The van der Waals surface area contributed by atoms with Crippen LogP contribution in [0.2, 0.25) is 0 Å². The van der Waals surface area contributed by atoms with Gasteiger partial charge < -0.3 is 9.47 Å². The predicted octanol–water partition coefficient (Wildman–Crippen LogP) is 1.91. The van der Waals surface area contributed by atoms with E-state index in [0.717, 1.165) is 45.4 Å². The fraction of sp³-hybridized carbons (Fsp3) is 1.00. The summed E-state index contributed by atoms with van der Waals surface area (Å²) in [4.78, 5) is 2.44. The Kier molecular flexibility index (Phi) is 5.07. The largest absolute Gasteiger partial charge is 0.379 e. The van der Waals surface area contributed by atoms with E-state index < -0.39 is 0 Å².